The van der Waals surface area contributed by atoms with E-state index in [0.29, 0.717) is 18.2 Å². The molecule has 3 N–H and O–H groups in total. The fraction of sp³-hybridized carbons (Fsp3) is 0.615. The summed E-state index contributed by atoms with van der Waals surface area (Å²) in [6.45, 7) is 2.65. The maximum absolute atomic E-state index is 11.8. The molecule has 0 saturated heterocycles. The lowest BCUT2D eigenvalue weighted by Crippen LogP contribution is -2.35. The lowest BCUT2D eigenvalue weighted by Gasteiger charge is -2.15. The van der Waals surface area contributed by atoms with Gasteiger partial charge in [0.15, 0.2) is 5.76 Å². The zero-order valence-electron chi connectivity index (χ0n) is 10.2. The number of nitrogens with one attached hydrogen (secondary N) is 1. The molecule has 1 aromatic heterocycles. The van der Waals surface area contributed by atoms with Gasteiger partial charge in [-0.25, -0.2) is 0 Å². The molecular weight excluding hydrogens is 216 g/mol. The number of nitrogens with two attached hydrogens (primary N) is 1. The van der Waals surface area contributed by atoms with E-state index in [9.17, 15) is 4.79 Å². The molecule has 1 heterocycles. The quantitative estimate of drug-likeness (QED) is 0.836. The summed E-state index contributed by atoms with van der Waals surface area (Å²) in [6.07, 6.45) is 4.16. The van der Waals surface area contributed by atoms with Gasteiger partial charge in [0.05, 0.1) is 0 Å². The van der Waals surface area contributed by atoms with Crippen LogP contribution in [0.3, 0.4) is 0 Å². The third-order valence-corrected chi connectivity index (χ3v) is 3.48. The number of furan rings is 1. The summed E-state index contributed by atoms with van der Waals surface area (Å²) in [6, 6.07) is 3.80. The zero-order chi connectivity index (χ0) is 12.3. The van der Waals surface area contributed by atoms with Crippen LogP contribution in [0.25, 0.3) is 0 Å². The molecule has 0 radical (unpaired) electrons. The minimum atomic E-state index is -0.135. The van der Waals surface area contributed by atoms with Crippen LogP contribution in [-0.4, -0.2) is 18.5 Å². The number of amides is 1. The van der Waals surface area contributed by atoms with Crippen LogP contribution >= 0.6 is 0 Å². The third-order valence-electron chi connectivity index (χ3n) is 3.48. The Kier molecular flexibility index (Phi) is 3.84. The molecule has 1 aliphatic rings. The van der Waals surface area contributed by atoms with Crippen molar-refractivity contribution >= 4 is 5.91 Å². The maximum atomic E-state index is 11.8. The van der Waals surface area contributed by atoms with Crippen molar-refractivity contribution in [3.63, 3.8) is 0 Å². The molecule has 0 bridgehead atoms. The van der Waals surface area contributed by atoms with Crippen LogP contribution in [0.4, 0.5) is 0 Å². The van der Waals surface area contributed by atoms with E-state index < -0.39 is 0 Å². The van der Waals surface area contributed by atoms with E-state index >= 15 is 0 Å². The number of aryl methyl sites for hydroxylation is 1. The van der Waals surface area contributed by atoms with Gasteiger partial charge in [-0.3, -0.25) is 4.79 Å². The summed E-state index contributed by atoms with van der Waals surface area (Å²) in [5.41, 5.74) is 5.95. The maximum Gasteiger partial charge on any atom is 0.287 e. The SMILES string of the molecule is CCc1ccc(C(=O)NCC2CCCC2N)o1. The Balaban J connectivity index is 1.84. The Morgan fingerprint density at radius 1 is 1.53 bits per heavy atom. The molecule has 94 valence electrons. The molecule has 0 spiro atoms. The summed E-state index contributed by atoms with van der Waals surface area (Å²) in [5.74, 6) is 1.52. The van der Waals surface area contributed by atoms with Gasteiger partial charge < -0.3 is 15.5 Å². The molecular formula is C13H20N2O2. The average molecular weight is 236 g/mol. The molecule has 2 atom stereocenters. The molecule has 2 rings (SSSR count). The van der Waals surface area contributed by atoms with Crippen LogP contribution in [0.5, 0.6) is 0 Å². The number of hydrogen-bond acceptors (Lipinski definition) is 3. The van der Waals surface area contributed by atoms with E-state index in [-0.39, 0.29) is 11.9 Å². The first-order chi connectivity index (χ1) is 8.20. The predicted octanol–water partition coefficient (Wildman–Crippen LogP) is 1.70. The van der Waals surface area contributed by atoms with E-state index in [1.165, 1.54) is 6.42 Å². The average Bonchev–Trinajstić information content (AvgIpc) is 2.94. The van der Waals surface area contributed by atoms with Crippen LogP contribution in [0.15, 0.2) is 16.5 Å². The van der Waals surface area contributed by atoms with Gasteiger partial charge in [0.25, 0.3) is 5.91 Å². The van der Waals surface area contributed by atoms with E-state index in [0.717, 1.165) is 25.0 Å². The Morgan fingerprint density at radius 2 is 2.35 bits per heavy atom. The predicted molar refractivity (Wildman–Crippen MR) is 65.7 cm³/mol. The Morgan fingerprint density at radius 3 is 2.94 bits per heavy atom. The monoisotopic (exact) mass is 236 g/mol. The Bertz CT molecular complexity index is 387. The van der Waals surface area contributed by atoms with Gasteiger partial charge in [0, 0.05) is 19.0 Å². The number of rotatable bonds is 4. The van der Waals surface area contributed by atoms with Crippen LogP contribution in [0.2, 0.25) is 0 Å². The van der Waals surface area contributed by atoms with Gasteiger partial charge in [-0.2, -0.15) is 0 Å². The summed E-state index contributed by atoms with van der Waals surface area (Å²) in [7, 11) is 0. The Hall–Kier alpha value is -1.29. The van der Waals surface area contributed by atoms with Crippen LogP contribution in [0, 0.1) is 5.92 Å². The fourth-order valence-corrected chi connectivity index (χ4v) is 2.32. The molecule has 1 saturated carbocycles. The highest BCUT2D eigenvalue weighted by Crippen LogP contribution is 2.23. The molecule has 17 heavy (non-hydrogen) atoms. The van der Waals surface area contributed by atoms with Crippen molar-refractivity contribution in [2.45, 2.75) is 38.6 Å². The van der Waals surface area contributed by atoms with Crippen LogP contribution < -0.4 is 11.1 Å². The first-order valence-electron chi connectivity index (χ1n) is 6.33. The van der Waals surface area contributed by atoms with Gasteiger partial charge in [0.1, 0.15) is 5.76 Å². The van der Waals surface area contributed by atoms with Crippen molar-refractivity contribution < 1.29 is 9.21 Å². The lowest BCUT2D eigenvalue weighted by molar-refractivity contribution is 0.0917. The first kappa shape index (κ1) is 12.2. The van der Waals surface area contributed by atoms with Crippen molar-refractivity contribution in [1.82, 2.24) is 5.32 Å². The summed E-state index contributed by atoms with van der Waals surface area (Å²) in [5, 5.41) is 2.90. The van der Waals surface area contributed by atoms with Crippen molar-refractivity contribution in [3.05, 3.63) is 23.7 Å². The van der Waals surface area contributed by atoms with Gasteiger partial charge in [-0.05, 0) is 30.9 Å². The summed E-state index contributed by atoms with van der Waals surface area (Å²) >= 11 is 0. The molecule has 1 aliphatic carbocycles. The lowest BCUT2D eigenvalue weighted by atomic mass is 10.0. The van der Waals surface area contributed by atoms with Crippen molar-refractivity contribution in [2.75, 3.05) is 6.54 Å². The van der Waals surface area contributed by atoms with Gasteiger partial charge >= 0.3 is 0 Å². The summed E-state index contributed by atoms with van der Waals surface area (Å²) < 4.78 is 5.39. The third kappa shape index (κ3) is 2.88. The first-order valence-corrected chi connectivity index (χ1v) is 6.33. The van der Waals surface area contributed by atoms with Gasteiger partial charge in [0.2, 0.25) is 0 Å². The van der Waals surface area contributed by atoms with Crippen molar-refractivity contribution in [2.24, 2.45) is 11.7 Å². The van der Waals surface area contributed by atoms with E-state index in [4.69, 9.17) is 10.2 Å². The topological polar surface area (TPSA) is 68.3 Å². The zero-order valence-corrected chi connectivity index (χ0v) is 10.2. The van der Waals surface area contributed by atoms with Crippen LogP contribution in [-0.2, 0) is 6.42 Å². The highest BCUT2D eigenvalue weighted by Gasteiger charge is 2.24. The molecule has 0 aromatic carbocycles. The molecule has 1 aromatic rings. The Labute approximate surface area is 102 Å². The fourth-order valence-electron chi connectivity index (χ4n) is 2.32. The van der Waals surface area contributed by atoms with Crippen molar-refractivity contribution in [3.8, 4) is 0 Å². The molecule has 0 aliphatic heterocycles. The second-order valence-corrected chi connectivity index (χ2v) is 4.68. The second-order valence-electron chi connectivity index (χ2n) is 4.68. The van der Waals surface area contributed by atoms with Crippen molar-refractivity contribution in [1.29, 1.82) is 0 Å². The second kappa shape index (κ2) is 5.36. The van der Waals surface area contributed by atoms with Crippen LogP contribution in [0.1, 0.15) is 42.5 Å². The normalized spacial score (nSPS) is 23.9. The van der Waals surface area contributed by atoms with Gasteiger partial charge in [-0.1, -0.05) is 13.3 Å². The highest BCUT2D eigenvalue weighted by molar-refractivity contribution is 5.91. The minimum absolute atomic E-state index is 0.135. The van der Waals surface area contributed by atoms with E-state index in [1.54, 1.807) is 6.07 Å². The molecule has 4 nitrogen and oxygen atoms in total. The summed E-state index contributed by atoms with van der Waals surface area (Å²) in [4.78, 5) is 11.8. The number of carbonyl (C=O) groups is 1. The molecule has 1 fully saturated rings. The number of hydrogen-bond donors (Lipinski definition) is 2. The standard InChI is InChI=1S/C13H20N2O2/c1-2-10-6-7-12(17-10)13(16)15-8-9-4-3-5-11(9)14/h6-7,9,11H,2-5,8,14H2,1H3,(H,15,16). The molecule has 2 unspecified atom stereocenters. The van der Waals surface area contributed by atoms with E-state index in [2.05, 4.69) is 5.32 Å². The highest BCUT2D eigenvalue weighted by atomic mass is 16.3. The molecule has 1 amide bonds. The van der Waals surface area contributed by atoms with Gasteiger partial charge in [-0.15, -0.1) is 0 Å². The number of carbonyl (C=O) groups excluding carboxylic acids is 1. The molecule has 4 heteroatoms. The van der Waals surface area contributed by atoms with E-state index in [1.807, 2.05) is 13.0 Å². The minimum Gasteiger partial charge on any atom is -0.456 e. The largest absolute Gasteiger partial charge is 0.456 e. The smallest absolute Gasteiger partial charge is 0.287 e.